The number of aromatic amines is 1. The van der Waals surface area contributed by atoms with Gasteiger partial charge in [-0.25, -0.2) is 4.79 Å². The van der Waals surface area contributed by atoms with Crippen LogP contribution in [0, 0.1) is 0 Å². The van der Waals surface area contributed by atoms with Gasteiger partial charge in [0.1, 0.15) is 6.04 Å². The number of benzene rings is 2. The topological polar surface area (TPSA) is 110 Å². The third kappa shape index (κ3) is 5.58. The van der Waals surface area contributed by atoms with Gasteiger partial charge >= 0.3 is 6.03 Å². The molecule has 4 aliphatic rings. The number of urea groups is 1. The van der Waals surface area contributed by atoms with Gasteiger partial charge < -0.3 is 30.7 Å². The van der Waals surface area contributed by atoms with Crippen LogP contribution in [0.15, 0.2) is 54.7 Å². The van der Waals surface area contributed by atoms with Gasteiger partial charge in [0.25, 0.3) is 0 Å². The van der Waals surface area contributed by atoms with Crippen molar-refractivity contribution in [1.29, 1.82) is 0 Å². The van der Waals surface area contributed by atoms with E-state index in [1.165, 1.54) is 11.1 Å². The van der Waals surface area contributed by atoms with Gasteiger partial charge in [0, 0.05) is 67.7 Å². The summed E-state index contributed by atoms with van der Waals surface area (Å²) < 4.78 is 0. The SMILES string of the molecule is O=C(NC1CCCNC1)NC(Cc1c[nH]c2ccccc12)C(=O)N1CCC2(CC1)CC(C(=O)N1CCCC1)c1ccccc12. The molecule has 1 spiro atoms. The minimum atomic E-state index is -0.680. The van der Waals surface area contributed by atoms with Crippen molar-refractivity contribution in [3.63, 3.8) is 0 Å². The number of para-hydroxylation sites is 1. The van der Waals surface area contributed by atoms with E-state index in [2.05, 4.69) is 56.2 Å². The summed E-state index contributed by atoms with van der Waals surface area (Å²) in [5.41, 5.74) is 4.40. The smallest absolute Gasteiger partial charge is 0.315 e. The molecule has 1 aromatic heterocycles. The molecule has 0 saturated carbocycles. The molecule has 44 heavy (non-hydrogen) atoms. The highest BCUT2D eigenvalue weighted by atomic mass is 16.2. The van der Waals surface area contributed by atoms with E-state index in [0.717, 1.165) is 87.6 Å². The van der Waals surface area contributed by atoms with Gasteiger partial charge in [0.2, 0.25) is 11.8 Å². The number of piperidine rings is 2. The Kier molecular flexibility index (Phi) is 8.06. The number of nitrogens with zero attached hydrogens (tertiary/aromatic N) is 2. The molecule has 7 rings (SSSR count). The van der Waals surface area contributed by atoms with Gasteiger partial charge in [-0.3, -0.25) is 9.59 Å². The number of fused-ring (bicyclic) bond motifs is 3. The first-order valence-electron chi connectivity index (χ1n) is 16.5. The molecule has 3 fully saturated rings. The zero-order chi connectivity index (χ0) is 30.1. The Morgan fingerprint density at radius 3 is 2.50 bits per heavy atom. The fraction of sp³-hybridized carbons (Fsp3) is 0.514. The van der Waals surface area contributed by atoms with Crippen LogP contribution in [0.3, 0.4) is 0 Å². The van der Waals surface area contributed by atoms with Crippen molar-refractivity contribution in [3.8, 4) is 0 Å². The van der Waals surface area contributed by atoms with E-state index < -0.39 is 6.04 Å². The van der Waals surface area contributed by atoms with Gasteiger partial charge in [-0.05, 0) is 74.2 Å². The Hall–Kier alpha value is -3.85. The molecule has 3 aromatic rings. The van der Waals surface area contributed by atoms with Crippen molar-refractivity contribution in [2.45, 2.75) is 74.8 Å². The molecule has 3 saturated heterocycles. The maximum absolute atomic E-state index is 14.2. The second-order valence-electron chi connectivity index (χ2n) is 13.3. The normalized spacial score (nSPS) is 23.5. The zero-order valence-corrected chi connectivity index (χ0v) is 25.4. The standard InChI is InChI=1S/C35H44N6O3/c42-32(40-16-5-6-17-40)28-21-35(29-11-3-1-10-27(28)29)13-18-41(19-14-35)33(43)31(39-34(44)38-25-8-7-15-36-23-25)20-24-22-37-30-12-4-2-9-26(24)30/h1-4,9-12,22,25,28,31,36-37H,5-8,13-21,23H2,(H2,38,39,44). The van der Waals surface area contributed by atoms with Crippen molar-refractivity contribution >= 4 is 28.7 Å². The summed E-state index contributed by atoms with van der Waals surface area (Å²) in [6, 6.07) is 15.6. The Morgan fingerprint density at radius 1 is 0.932 bits per heavy atom. The summed E-state index contributed by atoms with van der Waals surface area (Å²) in [6.07, 6.45) is 8.95. The Bertz CT molecular complexity index is 1510. The molecule has 1 aliphatic carbocycles. The van der Waals surface area contributed by atoms with Crippen LogP contribution in [0.4, 0.5) is 4.79 Å². The maximum Gasteiger partial charge on any atom is 0.315 e. The van der Waals surface area contributed by atoms with E-state index >= 15 is 0 Å². The lowest BCUT2D eigenvalue weighted by Crippen LogP contribution is -2.57. The molecule has 4 amide bonds. The molecule has 0 radical (unpaired) electrons. The molecule has 232 valence electrons. The molecule has 3 aliphatic heterocycles. The van der Waals surface area contributed by atoms with Gasteiger partial charge in [-0.15, -0.1) is 0 Å². The van der Waals surface area contributed by atoms with E-state index in [4.69, 9.17) is 0 Å². The summed E-state index contributed by atoms with van der Waals surface area (Å²) in [7, 11) is 0. The van der Waals surface area contributed by atoms with Gasteiger partial charge in [-0.2, -0.15) is 0 Å². The first-order chi connectivity index (χ1) is 21.5. The van der Waals surface area contributed by atoms with Gasteiger partial charge in [0.15, 0.2) is 0 Å². The van der Waals surface area contributed by atoms with Gasteiger partial charge in [-0.1, -0.05) is 42.5 Å². The number of hydrogen-bond acceptors (Lipinski definition) is 4. The summed E-state index contributed by atoms with van der Waals surface area (Å²) in [6.45, 7) is 4.65. The molecule has 9 heteroatoms. The van der Waals surface area contributed by atoms with E-state index in [1.807, 2.05) is 29.3 Å². The molecule has 3 unspecified atom stereocenters. The average molecular weight is 597 g/mol. The van der Waals surface area contributed by atoms with Crippen molar-refractivity contribution in [2.75, 3.05) is 39.3 Å². The predicted molar refractivity (Wildman–Crippen MR) is 170 cm³/mol. The lowest BCUT2D eigenvalue weighted by Gasteiger charge is -2.41. The van der Waals surface area contributed by atoms with E-state index in [9.17, 15) is 14.4 Å². The van der Waals surface area contributed by atoms with Crippen LogP contribution >= 0.6 is 0 Å². The molecule has 4 heterocycles. The van der Waals surface area contributed by atoms with E-state index in [1.54, 1.807) is 0 Å². The van der Waals surface area contributed by atoms with Crippen molar-refractivity contribution < 1.29 is 14.4 Å². The number of amides is 4. The highest BCUT2D eigenvalue weighted by Gasteiger charge is 2.49. The third-order valence-electron chi connectivity index (χ3n) is 10.6. The van der Waals surface area contributed by atoms with Crippen molar-refractivity contribution in [3.05, 3.63) is 71.4 Å². The number of aromatic nitrogens is 1. The third-order valence-corrected chi connectivity index (χ3v) is 10.6. The number of carbonyl (C=O) groups excluding carboxylic acids is 3. The maximum atomic E-state index is 14.2. The minimum Gasteiger partial charge on any atom is -0.361 e. The second-order valence-corrected chi connectivity index (χ2v) is 13.3. The number of rotatable bonds is 6. The largest absolute Gasteiger partial charge is 0.361 e. The van der Waals surface area contributed by atoms with Crippen LogP contribution < -0.4 is 16.0 Å². The summed E-state index contributed by atoms with van der Waals surface area (Å²) >= 11 is 0. The van der Waals surface area contributed by atoms with Crippen LogP contribution in [-0.4, -0.2) is 84.0 Å². The lowest BCUT2D eigenvalue weighted by atomic mass is 9.73. The molecule has 0 bridgehead atoms. The number of H-pyrrole nitrogens is 1. The Labute approximate surface area is 259 Å². The van der Waals surface area contributed by atoms with E-state index in [-0.39, 0.29) is 35.2 Å². The Balaban J connectivity index is 1.07. The van der Waals surface area contributed by atoms with Crippen LogP contribution in [0.2, 0.25) is 0 Å². The second kappa shape index (κ2) is 12.3. The molecule has 2 aromatic carbocycles. The molecule has 9 nitrogen and oxygen atoms in total. The zero-order valence-electron chi connectivity index (χ0n) is 25.4. The van der Waals surface area contributed by atoms with Crippen LogP contribution in [0.1, 0.15) is 67.6 Å². The first kappa shape index (κ1) is 28.9. The number of hydrogen-bond donors (Lipinski definition) is 4. The van der Waals surface area contributed by atoms with Crippen molar-refractivity contribution in [1.82, 2.24) is 30.7 Å². The fourth-order valence-corrected chi connectivity index (χ4v) is 8.20. The summed E-state index contributed by atoms with van der Waals surface area (Å²) in [5, 5.41) is 10.6. The Morgan fingerprint density at radius 2 is 1.70 bits per heavy atom. The quantitative estimate of drug-likeness (QED) is 0.347. The number of likely N-dealkylation sites (tertiary alicyclic amines) is 2. The van der Waals surface area contributed by atoms with Crippen LogP contribution in [0.5, 0.6) is 0 Å². The lowest BCUT2D eigenvalue weighted by molar-refractivity contribution is -0.135. The summed E-state index contributed by atoms with van der Waals surface area (Å²) in [4.78, 5) is 48.3. The van der Waals surface area contributed by atoms with Crippen LogP contribution in [-0.2, 0) is 21.4 Å². The number of nitrogens with one attached hydrogen (secondary N) is 4. The average Bonchev–Trinajstić information content (AvgIpc) is 3.81. The summed E-state index contributed by atoms with van der Waals surface area (Å²) in [5.74, 6) is 0.131. The van der Waals surface area contributed by atoms with E-state index in [0.29, 0.717) is 19.5 Å². The molecular weight excluding hydrogens is 552 g/mol. The monoisotopic (exact) mass is 596 g/mol. The molecular formula is C35H44N6O3. The van der Waals surface area contributed by atoms with Crippen molar-refractivity contribution in [2.24, 2.45) is 0 Å². The fourth-order valence-electron chi connectivity index (χ4n) is 8.20. The highest BCUT2D eigenvalue weighted by Crippen LogP contribution is 2.52. The molecule has 4 N–H and O–H groups in total. The minimum absolute atomic E-state index is 0.0435. The van der Waals surface area contributed by atoms with Crippen LogP contribution in [0.25, 0.3) is 10.9 Å². The molecule has 3 atom stereocenters. The van der Waals surface area contributed by atoms with Gasteiger partial charge in [0.05, 0.1) is 5.92 Å². The number of carbonyl (C=O) groups is 3. The predicted octanol–water partition coefficient (Wildman–Crippen LogP) is 3.80. The highest BCUT2D eigenvalue weighted by molar-refractivity contribution is 5.90. The first-order valence-corrected chi connectivity index (χ1v) is 16.5.